The molecule has 0 bridgehead atoms. The van der Waals surface area contributed by atoms with E-state index in [-0.39, 0.29) is 5.91 Å². The molecule has 0 aliphatic rings. The van der Waals surface area contributed by atoms with Crippen molar-refractivity contribution < 1.29 is 4.79 Å². The van der Waals surface area contributed by atoms with Crippen molar-refractivity contribution in [1.82, 2.24) is 4.98 Å². The van der Waals surface area contributed by atoms with Crippen LogP contribution in [0.3, 0.4) is 0 Å². The van der Waals surface area contributed by atoms with E-state index in [4.69, 9.17) is 0 Å². The molecule has 0 fully saturated rings. The number of rotatable bonds is 3. The van der Waals surface area contributed by atoms with Crippen molar-refractivity contribution in [3.05, 3.63) is 46.6 Å². The molecule has 1 N–H and O–H groups in total. The number of carbonyl (C=O) groups is 1. The second kappa shape index (κ2) is 6.23. The van der Waals surface area contributed by atoms with Gasteiger partial charge < -0.3 is 5.32 Å². The van der Waals surface area contributed by atoms with E-state index in [0.717, 1.165) is 10.2 Å². The molecule has 3 nitrogen and oxygen atoms in total. The van der Waals surface area contributed by atoms with Crippen LogP contribution in [0.25, 0.3) is 0 Å². The molecule has 1 aromatic rings. The molecule has 0 aromatic carbocycles. The Bertz CT molecular complexity index is 439. The number of aryl methyl sites for hydroxylation is 1. The van der Waals surface area contributed by atoms with Crippen LogP contribution < -0.4 is 5.32 Å². The van der Waals surface area contributed by atoms with Gasteiger partial charge in [0.05, 0.1) is 5.69 Å². The maximum Gasteiger partial charge on any atom is 0.249 e. The van der Waals surface area contributed by atoms with Gasteiger partial charge in [-0.15, -0.1) is 0 Å². The molecule has 1 heterocycles. The highest BCUT2D eigenvalue weighted by Crippen LogP contribution is 2.15. The predicted molar refractivity (Wildman–Crippen MR) is 69.3 cm³/mol. The van der Waals surface area contributed by atoms with Gasteiger partial charge in [0.2, 0.25) is 5.91 Å². The van der Waals surface area contributed by atoms with Crippen LogP contribution in [0.4, 0.5) is 5.82 Å². The Kier molecular flexibility index (Phi) is 4.92. The zero-order valence-corrected chi connectivity index (χ0v) is 10.8. The van der Waals surface area contributed by atoms with E-state index in [0.29, 0.717) is 5.82 Å². The number of pyridine rings is 1. The van der Waals surface area contributed by atoms with Crippen molar-refractivity contribution >= 4 is 27.7 Å². The lowest BCUT2D eigenvalue weighted by molar-refractivity contribution is -0.111. The normalized spacial score (nSPS) is 11.2. The van der Waals surface area contributed by atoms with Crippen molar-refractivity contribution in [3.63, 3.8) is 0 Å². The number of aromatic nitrogens is 1. The van der Waals surface area contributed by atoms with Crippen LogP contribution in [0.2, 0.25) is 0 Å². The van der Waals surface area contributed by atoms with Gasteiger partial charge in [-0.3, -0.25) is 4.79 Å². The Morgan fingerprint density at radius 2 is 2.19 bits per heavy atom. The zero-order chi connectivity index (χ0) is 12.0. The van der Waals surface area contributed by atoms with E-state index >= 15 is 0 Å². The molecule has 0 radical (unpaired) electrons. The molecule has 1 amide bonds. The molecule has 16 heavy (non-hydrogen) atoms. The summed E-state index contributed by atoms with van der Waals surface area (Å²) >= 11 is 3.35. The molecular formula is C12H13BrN2O. The molecule has 0 spiro atoms. The molecule has 84 valence electrons. The van der Waals surface area contributed by atoms with Crippen LogP contribution in [-0.4, -0.2) is 10.9 Å². The predicted octanol–water partition coefficient (Wildman–Crippen LogP) is 3.22. The third-order valence-electron chi connectivity index (χ3n) is 1.82. The molecule has 0 saturated carbocycles. The Hall–Kier alpha value is -1.42. The van der Waals surface area contributed by atoms with E-state index in [1.54, 1.807) is 18.2 Å². The number of hydrogen-bond donors (Lipinski definition) is 1. The summed E-state index contributed by atoms with van der Waals surface area (Å²) in [5.74, 6) is 0.364. The molecule has 1 rings (SSSR count). The number of halogens is 1. The third kappa shape index (κ3) is 3.98. The Morgan fingerprint density at radius 3 is 2.81 bits per heavy atom. The average molecular weight is 281 g/mol. The van der Waals surface area contributed by atoms with Gasteiger partial charge in [-0.25, -0.2) is 4.98 Å². The zero-order valence-electron chi connectivity index (χ0n) is 9.20. The van der Waals surface area contributed by atoms with Crippen LogP contribution >= 0.6 is 15.9 Å². The van der Waals surface area contributed by atoms with Crippen molar-refractivity contribution in [3.8, 4) is 0 Å². The van der Waals surface area contributed by atoms with E-state index in [1.807, 2.05) is 26.0 Å². The van der Waals surface area contributed by atoms with E-state index in [1.165, 1.54) is 6.08 Å². The van der Waals surface area contributed by atoms with Gasteiger partial charge in [0.15, 0.2) is 0 Å². The number of amides is 1. The maximum absolute atomic E-state index is 11.4. The number of allylic oxidation sites excluding steroid dienone is 3. The van der Waals surface area contributed by atoms with Crippen LogP contribution in [-0.2, 0) is 4.79 Å². The van der Waals surface area contributed by atoms with Gasteiger partial charge in [-0.2, -0.15) is 0 Å². The van der Waals surface area contributed by atoms with Crippen molar-refractivity contribution in [2.75, 3.05) is 5.32 Å². The highest BCUT2D eigenvalue weighted by molar-refractivity contribution is 9.10. The lowest BCUT2D eigenvalue weighted by Crippen LogP contribution is -2.09. The number of nitrogens with one attached hydrogen (secondary N) is 1. The summed E-state index contributed by atoms with van der Waals surface area (Å²) in [6, 6.07) is 3.60. The lowest BCUT2D eigenvalue weighted by atomic mass is 10.3. The van der Waals surface area contributed by atoms with Gasteiger partial charge in [0.25, 0.3) is 0 Å². The van der Waals surface area contributed by atoms with Crippen LogP contribution in [0.5, 0.6) is 0 Å². The second-order valence-electron chi connectivity index (χ2n) is 3.14. The first-order chi connectivity index (χ1) is 7.63. The standard InChI is InChI=1S/C12H13BrN2O/c1-3-4-5-6-12(16)15-11-8-7-10(13)9(2)14-11/h3-8H,1-2H3,(H,14,15,16). The van der Waals surface area contributed by atoms with E-state index < -0.39 is 0 Å². The van der Waals surface area contributed by atoms with Crippen molar-refractivity contribution in [2.24, 2.45) is 0 Å². The fourth-order valence-corrected chi connectivity index (χ4v) is 1.26. The summed E-state index contributed by atoms with van der Waals surface area (Å²) in [6.45, 7) is 3.76. The molecule has 0 atom stereocenters. The molecule has 0 aliphatic carbocycles. The highest BCUT2D eigenvalue weighted by Gasteiger charge is 2.01. The first-order valence-electron chi connectivity index (χ1n) is 4.87. The lowest BCUT2D eigenvalue weighted by Gasteiger charge is -2.03. The van der Waals surface area contributed by atoms with Gasteiger partial charge in [0.1, 0.15) is 5.82 Å². The SMILES string of the molecule is CC=CC=CC(=O)Nc1ccc(Br)c(C)n1. The third-order valence-corrected chi connectivity index (χ3v) is 2.66. The molecule has 0 aliphatic heterocycles. The second-order valence-corrected chi connectivity index (χ2v) is 3.99. The summed E-state index contributed by atoms with van der Waals surface area (Å²) in [7, 11) is 0. The van der Waals surface area contributed by atoms with Gasteiger partial charge in [0, 0.05) is 10.5 Å². The summed E-state index contributed by atoms with van der Waals surface area (Å²) < 4.78 is 0.926. The van der Waals surface area contributed by atoms with Gasteiger partial charge >= 0.3 is 0 Å². The molecule has 4 heteroatoms. The van der Waals surface area contributed by atoms with Crippen LogP contribution in [0.15, 0.2) is 40.9 Å². The smallest absolute Gasteiger partial charge is 0.249 e. The number of nitrogens with zero attached hydrogens (tertiary/aromatic N) is 1. The largest absolute Gasteiger partial charge is 0.307 e. The molecular weight excluding hydrogens is 268 g/mol. The first-order valence-corrected chi connectivity index (χ1v) is 5.66. The summed E-state index contributed by atoms with van der Waals surface area (Å²) in [4.78, 5) is 15.6. The summed E-state index contributed by atoms with van der Waals surface area (Å²) in [6.07, 6.45) is 6.78. The molecule has 0 saturated heterocycles. The Balaban J connectivity index is 2.66. The minimum absolute atomic E-state index is 0.188. The summed E-state index contributed by atoms with van der Waals surface area (Å²) in [5, 5.41) is 2.68. The fourth-order valence-electron chi connectivity index (χ4n) is 1.04. The Morgan fingerprint density at radius 1 is 1.44 bits per heavy atom. The van der Waals surface area contributed by atoms with Gasteiger partial charge in [-0.1, -0.05) is 18.2 Å². The average Bonchev–Trinajstić information content (AvgIpc) is 2.24. The summed E-state index contributed by atoms with van der Waals surface area (Å²) in [5.41, 5.74) is 0.843. The number of hydrogen-bond acceptors (Lipinski definition) is 2. The van der Waals surface area contributed by atoms with E-state index in [2.05, 4.69) is 26.2 Å². The first kappa shape index (κ1) is 12.6. The van der Waals surface area contributed by atoms with Crippen LogP contribution in [0.1, 0.15) is 12.6 Å². The molecule has 1 aromatic heterocycles. The number of anilines is 1. The highest BCUT2D eigenvalue weighted by atomic mass is 79.9. The Labute approximate surface area is 103 Å². The van der Waals surface area contributed by atoms with E-state index in [9.17, 15) is 4.79 Å². The van der Waals surface area contributed by atoms with Crippen molar-refractivity contribution in [1.29, 1.82) is 0 Å². The minimum atomic E-state index is -0.188. The van der Waals surface area contributed by atoms with Crippen molar-refractivity contribution in [2.45, 2.75) is 13.8 Å². The maximum atomic E-state index is 11.4. The number of carbonyl (C=O) groups excluding carboxylic acids is 1. The molecule has 0 unspecified atom stereocenters. The topological polar surface area (TPSA) is 42.0 Å². The minimum Gasteiger partial charge on any atom is -0.307 e. The van der Waals surface area contributed by atoms with Crippen LogP contribution in [0, 0.1) is 6.92 Å². The quantitative estimate of drug-likeness (QED) is 0.682. The monoisotopic (exact) mass is 280 g/mol. The van der Waals surface area contributed by atoms with Gasteiger partial charge in [-0.05, 0) is 41.9 Å². The fraction of sp³-hybridized carbons (Fsp3) is 0.167.